The molecule has 0 radical (unpaired) electrons. The van der Waals surface area contributed by atoms with Crippen LogP contribution in [0.3, 0.4) is 0 Å². The van der Waals surface area contributed by atoms with Crippen molar-refractivity contribution >= 4 is 0 Å². The molecule has 1 aliphatic rings. The fourth-order valence-electron chi connectivity index (χ4n) is 1.58. The van der Waals surface area contributed by atoms with Gasteiger partial charge in [0.15, 0.2) is 0 Å². The number of ether oxygens (including phenoxy) is 1. The third-order valence-corrected chi connectivity index (χ3v) is 2.67. The van der Waals surface area contributed by atoms with Gasteiger partial charge in [0, 0.05) is 11.5 Å². The molecule has 1 rings (SSSR count). The quantitative estimate of drug-likeness (QED) is 0.217. The summed E-state index contributed by atoms with van der Waals surface area (Å²) in [6, 6.07) is 0. The second kappa shape index (κ2) is 5.61. The van der Waals surface area contributed by atoms with Crippen LogP contribution >= 0.6 is 0 Å². The highest BCUT2D eigenvalue weighted by Crippen LogP contribution is 2.28. The van der Waals surface area contributed by atoms with Crippen molar-refractivity contribution < 1.29 is 30.3 Å². The molecule has 0 aromatic carbocycles. The predicted octanol–water partition coefficient (Wildman–Crippen LogP) is -2.15. The van der Waals surface area contributed by atoms with E-state index in [1.165, 1.54) is 0 Å². The number of aliphatic hydroxyl groups excluding tert-OH is 4. The topological polar surface area (TPSA) is 159 Å². The van der Waals surface area contributed by atoms with E-state index in [9.17, 15) is 25.5 Å². The van der Waals surface area contributed by atoms with Gasteiger partial charge < -0.3 is 30.3 Å². The van der Waals surface area contributed by atoms with Crippen LogP contribution in [0.25, 0.3) is 10.4 Å². The van der Waals surface area contributed by atoms with Gasteiger partial charge in [0.1, 0.15) is 24.4 Å². The maximum atomic E-state index is 9.87. The van der Waals surface area contributed by atoms with Gasteiger partial charge in [-0.05, 0) is 12.0 Å². The maximum Gasteiger partial charge on any atom is 0.221 e. The van der Waals surface area contributed by atoms with Gasteiger partial charge in [-0.3, -0.25) is 0 Å². The molecule has 0 saturated carbocycles. The van der Waals surface area contributed by atoms with Gasteiger partial charge in [0.2, 0.25) is 5.79 Å². The van der Waals surface area contributed by atoms with Crippen LogP contribution in [0.5, 0.6) is 0 Å². The Morgan fingerprint density at radius 1 is 1.47 bits per heavy atom. The van der Waals surface area contributed by atoms with Crippen LogP contribution in [-0.2, 0) is 4.74 Å². The summed E-state index contributed by atoms with van der Waals surface area (Å²) in [5.74, 6) is -2.39. The van der Waals surface area contributed by atoms with Gasteiger partial charge in [-0.1, -0.05) is 5.11 Å². The molecule has 0 spiro atoms. The van der Waals surface area contributed by atoms with Crippen molar-refractivity contribution in [3.05, 3.63) is 10.4 Å². The van der Waals surface area contributed by atoms with Crippen molar-refractivity contribution in [1.82, 2.24) is 0 Å². The summed E-state index contributed by atoms with van der Waals surface area (Å²) < 4.78 is 4.76. The van der Waals surface area contributed by atoms with E-state index in [-0.39, 0.29) is 13.0 Å². The Bertz CT molecular complexity index is 310. The average Bonchev–Trinajstić information content (AvgIpc) is 2.32. The lowest BCUT2D eigenvalue weighted by atomic mass is 9.91. The SMILES string of the molecule is [N-]=[N+]=NCC[C@@H](O)C1(O)OC[C@@H](O)[C@@H](O)[C@@H]1O. The Labute approximate surface area is 96.5 Å². The minimum Gasteiger partial charge on any atom is -0.388 e. The normalized spacial score (nSPS) is 39.5. The monoisotopic (exact) mass is 249 g/mol. The Balaban J connectivity index is 2.68. The third-order valence-electron chi connectivity index (χ3n) is 2.67. The van der Waals surface area contributed by atoms with Crippen LogP contribution in [-0.4, -0.2) is 68.9 Å². The first-order valence-corrected chi connectivity index (χ1v) is 5.03. The number of aliphatic hydroxyl groups is 5. The van der Waals surface area contributed by atoms with E-state index in [4.69, 9.17) is 10.3 Å². The van der Waals surface area contributed by atoms with Gasteiger partial charge in [0.25, 0.3) is 0 Å². The number of hydrogen-bond donors (Lipinski definition) is 5. The summed E-state index contributed by atoms with van der Waals surface area (Å²) in [5.41, 5.74) is 8.04. The van der Waals surface area contributed by atoms with E-state index in [2.05, 4.69) is 10.0 Å². The molecule has 0 aliphatic carbocycles. The number of rotatable bonds is 4. The standard InChI is InChI=1S/C8H15N3O6/c9-11-10-2-1-5(13)8(16)7(15)6(14)4(12)3-17-8/h4-7,12-16H,1-3H2/t4-,5-,6-,7+,8?/m1/s1. The molecule has 0 aromatic rings. The molecule has 98 valence electrons. The van der Waals surface area contributed by atoms with Crippen molar-refractivity contribution in [2.24, 2.45) is 5.11 Å². The zero-order chi connectivity index (χ0) is 13.1. The Kier molecular flexibility index (Phi) is 4.66. The van der Waals surface area contributed by atoms with Gasteiger partial charge in [-0.25, -0.2) is 0 Å². The van der Waals surface area contributed by atoms with Gasteiger partial charge >= 0.3 is 0 Å². The summed E-state index contributed by atoms with van der Waals surface area (Å²) in [6.45, 7) is -0.526. The summed E-state index contributed by atoms with van der Waals surface area (Å²) in [7, 11) is 0. The van der Waals surface area contributed by atoms with Crippen LogP contribution in [0.15, 0.2) is 5.11 Å². The molecule has 0 amide bonds. The number of nitrogens with zero attached hydrogens (tertiary/aromatic N) is 3. The zero-order valence-corrected chi connectivity index (χ0v) is 8.92. The Morgan fingerprint density at radius 2 is 2.12 bits per heavy atom. The van der Waals surface area contributed by atoms with Crippen molar-refractivity contribution in [3.8, 4) is 0 Å². The molecule has 1 heterocycles. The summed E-state index contributed by atoms with van der Waals surface area (Å²) >= 11 is 0. The molecule has 9 heteroatoms. The predicted molar refractivity (Wildman–Crippen MR) is 53.6 cm³/mol. The lowest BCUT2D eigenvalue weighted by molar-refractivity contribution is -0.351. The first-order valence-electron chi connectivity index (χ1n) is 5.03. The first-order chi connectivity index (χ1) is 7.93. The van der Waals surface area contributed by atoms with Crippen LogP contribution in [0.2, 0.25) is 0 Å². The van der Waals surface area contributed by atoms with Crippen LogP contribution in [0.1, 0.15) is 6.42 Å². The first kappa shape index (κ1) is 14.1. The van der Waals surface area contributed by atoms with Crippen molar-refractivity contribution in [1.29, 1.82) is 0 Å². The molecule has 9 nitrogen and oxygen atoms in total. The number of hydrogen-bond acceptors (Lipinski definition) is 7. The lowest BCUT2D eigenvalue weighted by Crippen LogP contribution is -2.65. The third kappa shape index (κ3) is 2.85. The largest absolute Gasteiger partial charge is 0.388 e. The fourth-order valence-corrected chi connectivity index (χ4v) is 1.58. The minimum absolute atomic E-state index is 0.102. The average molecular weight is 249 g/mol. The maximum absolute atomic E-state index is 9.87. The Morgan fingerprint density at radius 3 is 2.71 bits per heavy atom. The molecule has 0 bridgehead atoms. The van der Waals surface area contributed by atoms with Gasteiger partial charge in [-0.2, -0.15) is 0 Å². The van der Waals surface area contributed by atoms with Crippen molar-refractivity contribution in [3.63, 3.8) is 0 Å². The second-order valence-electron chi connectivity index (χ2n) is 3.82. The molecule has 1 unspecified atom stereocenters. The van der Waals surface area contributed by atoms with Crippen molar-refractivity contribution in [2.45, 2.75) is 36.6 Å². The van der Waals surface area contributed by atoms with E-state index in [0.29, 0.717) is 0 Å². The molecule has 1 fully saturated rings. The summed E-state index contributed by atoms with van der Waals surface area (Å²) in [5, 5.41) is 50.7. The van der Waals surface area contributed by atoms with Crippen LogP contribution in [0, 0.1) is 0 Å². The number of azide groups is 1. The van der Waals surface area contributed by atoms with E-state index in [0.717, 1.165) is 0 Å². The molecule has 17 heavy (non-hydrogen) atoms. The van der Waals surface area contributed by atoms with E-state index < -0.39 is 36.8 Å². The summed E-state index contributed by atoms with van der Waals surface area (Å²) in [6.07, 6.45) is -6.52. The van der Waals surface area contributed by atoms with Crippen LogP contribution < -0.4 is 0 Å². The van der Waals surface area contributed by atoms with E-state index in [1.54, 1.807) is 0 Å². The molecule has 1 saturated heterocycles. The van der Waals surface area contributed by atoms with Gasteiger partial charge in [-0.15, -0.1) is 0 Å². The molecular weight excluding hydrogens is 234 g/mol. The molecule has 5 atom stereocenters. The highest BCUT2D eigenvalue weighted by Gasteiger charge is 2.52. The zero-order valence-electron chi connectivity index (χ0n) is 8.92. The molecule has 5 N–H and O–H groups in total. The highest BCUT2D eigenvalue weighted by molar-refractivity contribution is 4.95. The Hall–Kier alpha value is -0.930. The smallest absolute Gasteiger partial charge is 0.221 e. The lowest BCUT2D eigenvalue weighted by Gasteiger charge is -2.43. The van der Waals surface area contributed by atoms with Crippen molar-refractivity contribution in [2.75, 3.05) is 13.2 Å². The molecule has 0 aromatic heterocycles. The van der Waals surface area contributed by atoms with Gasteiger partial charge in [0.05, 0.1) is 6.61 Å². The molecule has 1 aliphatic heterocycles. The second-order valence-corrected chi connectivity index (χ2v) is 3.82. The van der Waals surface area contributed by atoms with E-state index in [1.807, 2.05) is 0 Å². The van der Waals surface area contributed by atoms with E-state index >= 15 is 0 Å². The minimum atomic E-state index is -2.39. The highest BCUT2D eigenvalue weighted by atomic mass is 16.7. The fraction of sp³-hybridized carbons (Fsp3) is 1.00. The van der Waals surface area contributed by atoms with Crippen LogP contribution in [0.4, 0.5) is 0 Å². The summed E-state index contributed by atoms with van der Waals surface area (Å²) in [4.78, 5) is 2.46. The molecular formula is C8H15N3O6.